The number of ether oxygens (including phenoxy) is 1. The molecule has 2 fully saturated rings. The number of anilines is 1. The van der Waals surface area contributed by atoms with Crippen LogP contribution in [0, 0.1) is 43.3 Å². The lowest BCUT2D eigenvalue weighted by Gasteiger charge is -2.50. The van der Waals surface area contributed by atoms with E-state index in [0.29, 0.717) is 52.1 Å². The van der Waals surface area contributed by atoms with E-state index in [1.54, 1.807) is 0 Å². The Morgan fingerprint density at radius 2 is 0.636 bits per heavy atom. The molecule has 9 rings (SSSR count). The molecule has 8 unspecified atom stereocenters. The molecule has 12 heteroatoms. The molecule has 8 aliphatic rings. The fourth-order valence-electron chi connectivity index (χ4n) is 16.7. The molecule has 0 amide bonds. The van der Waals surface area contributed by atoms with Crippen LogP contribution in [0.4, 0.5) is 5.69 Å². The van der Waals surface area contributed by atoms with Crippen molar-refractivity contribution in [2.24, 2.45) is 58.6 Å². The van der Waals surface area contributed by atoms with E-state index in [1.165, 1.54) is 56.5 Å². The van der Waals surface area contributed by atoms with E-state index >= 15 is 0 Å². The van der Waals surface area contributed by atoms with Gasteiger partial charge >= 0.3 is 0 Å². The topological polar surface area (TPSA) is 72.2 Å². The van der Waals surface area contributed by atoms with Crippen molar-refractivity contribution in [3.05, 3.63) is 109 Å². The maximum atomic E-state index is 6.14. The van der Waals surface area contributed by atoms with E-state index in [9.17, 15) is 0 Å². The third kappa shape index (κ3) is 34.2. The Morgan fingerprint density at radius 3 is 0.924 bits per heavy atom. The van der Waals surface area contributed by atoms with Crippen LogP contribution in [0.25, 0.3) is 0 Å². The second-order valence-corrected chi connectivity index (χ2v) is 52.0. The van der Waals surface area contributed by atoms with Crippen molar-refractivity contribution in [3.8, 4) is 5.75 Å². The zero-order valence-electron chi connectivity index (χ0n) is 87.7. The van der Waals surface area contributed by atoms with Gasteiger partial charge in [-0.2, -0.15) is 15.3 Å². The van der Waals surface area contributed by atoms with Gasteiger partial charge in [0.2, 0.25) is 0 Å². The Labute approximate surface area is 734 Å². The quantitative estimate of drug-likeness (QED) is 0.253. The van der Waals surface area contributed by atoms with Gasteiger partial charge in [0.1, 0.15) is 5.75 Å². The molecule has 8 heterocycles. The number of hydrogen-bond acceptors (Lipinski definition) is 12. The Morgan fingerprint density at radius 1 is 0.305 bits per heavy atom. The minimum Gasteiger partial charge on any atom is -0.468 e. The maximum Gasteiger partial charge on any atom is 0.177 e. The van der Waals surface area contributed by atoms with Gasteiger partial charge in [0.15, 0.2) is 6.23 Å². The van der Waals surface area contributed by atoms with Crippen LogP contribution < -0.4 is 9.64 Å². The van der Waals surface area contributed by atoms with Crippen LogP contribution >= 0.6 is 0 Å². The number of hydrogen-bond donors (Lipinski definition) is 0. The number of likely N-dealkylation sites (tertiary alicyclic amines) is 2. The average molecular weight is 1640 g/mol. The standard InChI is InChI=1S/C15H23NO.C14H25N.3C13H24N2.C13H27N.C13H23N.C12H25N/c1-14(2,3)13-16(15(4,5)6)11-9-7-8-10-12(11)17-13;1-11-8-9-15(14(5,6)7)12(10-11)13(2,3)4;3*1-10-8-9-11(12(2,3)4)15(14-10)13(5,6)7;2*1-12(2,3)11-9-7-8-10-14(11)13(4,5)6;1-11(2,3)10-8-7-9-13(10)12(4,5)6/h7-10,13H,1-6H3;8-10,12H,1-7H3;3*8-9,11H,1-7H3;11H,7-10H2,1-6H3;7-11H,1-6H3;10H,7-9H2,1-6H3. The molecule has 0 aliphatic carbocycles. The number of para-hydroxylation sites is 2. The van der Waals surface area contributed by atoms with Crippen LogP contribution in [0.2, 0.25) is 0 Å². The third-order valence-electron chi connectivity index (χ3n) is 22.9. The van der Waals surface area contributed by atoms with Gasteiger partial charge in [-0.3, -0.25) is 24.8 Å². The van der Waals surface area contributed by atoms with Crippen LogP contribution in [0.5, 0.6) is 5.75 Å². The summed E-state index contributed by atoms with van der Waals surface area (Å²) in [5.41, 5.74) is 9.34. The maximum absolute atomic E-state index is 6.14. The van der Waals surface area contributed by atoms with Crippen LogP contribution in [-0.2, 0) is 0 Å². The summed E-state index contributed by atoms with van der Waals surface area (Å²) in [6, 6.07) is 11.9. The molecule has 0 radical (unpaired) electrons. The normalized spacial score (nSPS) is 23.4. The Balaban J connectivity index is 0.000000458. The summed E-state index contributed by atoms with van der Waals surface area (Å²) < 4.78 is 6.14. The number of rotatable bonds is 0. The van der Waals surface area contributed by atoms with Crippen LogP contribution in [0.15, 0.2) is 124 Å². The molecule has 0 bridgehead atoms. The highest BCUT2D eigenvalue weighted by Gasteiger charge is 2.46. The second kappa shape index (κ2) is 40.3. The summed E-state index contributed by atoms with van der Waals surface area (Å²) in [6.45, 7) is 120. The monoisotopic (exact) mass is 1640 g/mol. The van der Waals surface area contributed by atoms with Crippen LogP contribution in [-0.4, -0.2) is 158 Å². The average Bonchev–Trinajstić information content (AvgIpc) is 1.60. The highest BCUT2D eigenvalue weighted by atomic mass is 16.5. The minimum absolute atomic E-state index is 0.0601. The van der Waals surface area contributed by atoms with E-state index in [-0.39, 0.29) is 72.0 Å². The predicted octanol–water partition coefficient (Wildman–Crippen LogP) is 28.9. The predicted molar refractivity (Wildman–Crippen MR) is 527 cm³/mol. The summed E-state index contributed by atoms with van der Waals surface area (Å²) in [5, 5.41) is 20.7. The number of fused-ring (bicyclic) bond motifs is 1. The number of allylic oxidation sites excluding steroid dienone is 7. The summed E-state index contributed by atoms with van der Waals surface area (Å²) in [7, 11) is 0. The van der Waals surface area contributed by atoms with E-state index in [2.05, 4.69) is 492 Å². The molecule has 1 aromatic rings. The van der Waals surface area contributed by atoms with Crippen molar-refractivity contribution < 1.29 is 4.74 Å². The highest BCUT2D eigenvalue weighted by Crippen LogP contribution is 2.47. The van der Waals surface area contributed by atoms with Gasteiger partial charge in [-0.25, -0.2) is 0 Å². The molecule has 0 N–H and O–H groups in total. The van der Waals surface area contributed by atoms with E-state index in [0.717, 1.165) is 35.0 Å². The molecule has 8 atom stereocenters. The first-order chi connectivity index (χ1) is 52.4. The molecule has 1 aromatic carbocycles. The van der Waals surface area contributed by atoms with E-state index in [4.69, 9.17) is 4.74 Å². The van der Waals surface area contributed by atoms with Crippen molar-refractivity contribution in [3.63, 3.8) is 0 Å². The summed E-state index contributed by atoms with van der Waals surface area (Å²) >= 11 is 0. The largest absolute Gasteiger partial charge is 0.468 e. The first-order valence-electron chi connectivity index (χ1n) is 45.8. The second-order valence-electron chi connectivity index (χ2n) is 52.0. The molecule has 118 heavy (non-hydrogen) atoms. The summed E-state index contributed by atoms with van der Waals surface area (Å²) in [5.74, 6) is 1.00. The van der Waals surface area contributed by atoms with Crippen molar-refractivity contribution in [1.29, 1.82) is 0 Å². The number of benzene rings is 1. The van der Waals surface area contributed by atoms with E-state index < -0.39 is 0 Å². The molecular formula is C106H195N11O. The molecule has 12 nitrogen and oxygen atoms in total. The van der Waals surface area contributed by atoms with Crippen LogP contribution in [0.1, 0.15) is 392 Å². The first kappa shape index (κ1) is 109. The molecule has 8 aliphatic heterocycles. The summed E-state index contributed by atoms with van der Waals surface area (Å²) in [4.78, 5) is 12.7. The molecule has 2 saturated heterocycles. The Hall–Kier alpha value is -5.07. The smallest absolute Gasteiger partial charge is 0.177 e. The SMILES string of the molecule is CC(C)(C)C1C=CC=CN1C(C)(C)C.CC(C)(C)C1CCCCN1C(C)(C)C.CC(C)(C)C1CCCN1C(C)(C)C.CC(C)(C)C1Oc2ccccc2N1C(C)(C)C.CC1=CC(C(C)(C)C)N(C(C)(C)C)C=C1.CC1=NN(C(C)(C)C)C(C(C)(C)C)C=C1.CC1=NN(C(C)(C)C)C(C(C)(C)C)C=C1.CC1=NN(C(C)(C)C)C(C(C)(C)C)C=C1. The van der Waals surface area contributed by atoms with Crippen molar-refractivity contribution in [2.75, 3.05) is 18.0 Å². The first-order valence-corrected chi connectivity index (χ1v) is 45.8. The molecule has 0 spiro atoms. The number of nitrogens with zero attached hydrogens (tertiary/aromatic N) is 11. The number of piperidine rings is 1. The van der Waals surface area contributed by atoms with E-state index in [1.807, 2.05) is 26.8 Å². The van der Waals surface area contributed by atoms with Gasteiger partial charge in [-0.1, -0.05) is 227 Å². The molecule has 680 valence electrons. The zero-order valence-corrected chi connectivity index (χ0v) is 87.7. The van der Waals surface area contributed by atoms with Crippen molar-refractivity contribution >= 4 is 22.8 Å². The molecular weight excluding hydrogens is 1440 g/mol. The van der Waals surface area contributed by atoms with Gasteiger partial charge < -0.3 is 19.4 Å². The fourth-order valence-corrected chi connectivity index (χ4v) is 16.7. The van der Waals surface area contributed by atoms with Gasteiger partial charge in [-0.05, 0) is 313 Å². The zero-order chi connectivity index (χ0) is 92.5. The number of hydrazone groups is 3. The van der Waals surface area contributed by atoms with Crippen LogP contribution in [0.3, 0.4) is 0 Å². The lowest BCUT2D eigenvalue weighted by atomic mass is 9.78. The van der Waals surface area contributed by atoms with Crippen molar-refractivity contribution in [2.45, 2.75) is 485 Å². The molecule has 0 aromatic heterocycles. The van der Waals surface area contributed by atoms with Gasteiger partial charge in [-0.15, -0.1) is 0 Å². The molecule has 0 saturated carbocycles. The van der Waals surface area contributed by atoms with Gasteiger partial charge in [0.05, 0.1) is 69.6 Å². The Kier molecular flexibility index (Phi) is 37.2. The summed E-state index contributed by atoms with van der Waals surface area (Å²) in [6.07, 6.45) is 35.8. The van der Waals surface area contributed by atoms with Gasteiger partial charge in [0.25, 0.3) is 0 Å². The highest BCUT2D eigenvalue weighted by molar-refractivity contribution is 5.94. The lowest BCUT2D eigenvalue weighted by molar-refractivity contribution is -0.00414. The van der Waals surface area contributed by atoms with Crippen molar-refractivity contribution in [1.82, 2.24) is 34.6 Å². The minimum atomic E-state index is 0.0601. The Bertz CT molecular complexity index is 3240. The fraction of sp³-hybridized carbons (Fsp3) is 0.783. The van der Waals surface area contributed by atoms with Gasteiger partial charge in [0, 0.05) is 57.6 Å². The lowest BCUT2D eigenvalue weighted by Crippen LogP contribution is -2.55. The third-order valence-corrected chi connectivity index (χ3v) is 22.9.